The van der Waals surface area contributed by atoms with Gasteiger partial charge < -0.3 is 5.11 Å². The molecule has 0 saturated heterocycles. The summed E-state index contributed by atoms with van der Waals surface area (Å²) in [6.07, 6.45) is 0. The quantitative estimate of drug-likeness (QED) is 0.518. The van der Waals surface area contributed by atoms with Crippen LogP contribution < -0.4 is 0 Å². The smallest absolute Gasteiger partial charge is 0.190 e. The molecule has 0 heterocycles. The van der Waals surface area contributed by atoms with Gasteiger partial charge in [-0.25, -0.2) is 4.85 Å². The number of phenols is 1. The van der Waals surface area contributed by atoms with Crippen molar-refractivity contribution in [3.05, 3.63) is 35.7 Å². The van der Waals surface area contributed by atoms with Crippen LogP contribution in [0.1, 0.15) is 0 Å². The van der Waals surface area contributed by atoms with Crippen molar-refractivity contribution in [2.45, 2.75) is 0 Å². The molecule has 1 N–H and O–H groups in total. The molecule has 0 aromatic heterocycles. The average Bonchev–Trinajstić information content (AvgIpc) is 1.88. The van der Waals surface area contributed by atoms with E-state index in [1.54, 1.807) is 12.1 Å². The largest absolute Gasteiger partial charge is 0.509 e. The van der Waals surface area contributed by atoms with Crippen LogP contribution in [0.4, 0.5) is 5.69 Å². The molecule has 0 radical (unpaired) electrons. The van der Waals surface area contributed by atoms with Crippen molar-refractivity contribution in [2.75, 3.05) is 0 Å². The molecular formula is C7H5NO. The van der Waals surface area contributed by atoms with E-state index < -0.39 is 0 Å². The maximum atomic E-state index is 8.80. The fourth-order valence-corrected chi connectivity index (χ4v) is 0.563. The van der Waals surface area contributed by atoms with Gasteiger partial charge in [0.15, 0.2) is 5.69 Å². The number of aromatic hydroxyl groups is 1. The highest BCUT2D eigenvalue weighted by atomic mass is 16.3. The van der Waals surface area contributed by atoms with Crippen LogP contribution in [0.15, 0.2) is 24.3 Å². The standard InChI is InChI=1S/C7H5NO/c1-8-6-3-2-4-7(9)5-6/h2-5,9H. The SMILES string of the molecule is [C-]#[N+]c1cccc(O)c1. The normalized spacial score (nSPS) is 8.33. The zero-order chi connectivity index (χ0) is 6.69. The van der Waals surface area contributed by atoms with Gasteiger partial charge in [0.05, 0.1) is 6.57 Å². The average molecular weight is 119 g/mol. The van der Waals surface area contributed by atoms with Crippen LogP contribution in [0.5, 0.6) is 5.75 Å². The van der Waals surface area contributed by atoms with Crippen molar-refractivity contribution in [3.63, 3.8) is 0 Å². The van der Waals surface area contributed by atoms with E-state index in [2.05, 4.69) is 4.85 Å². The summed E-state index contributed by atoms with van der Waals surface area (Å²) in [7, 11) is 0. The van der Waals surface area contributed by atoms with Crippen LogP contribution in [0.3, 0.4) is 0 Å². The Kier molecular flexibility index (Phi) is 1.37. The number of hydrogen-bond donors (Lipinski definition) is 1. The van der Waals surface area contributed by atoms with Crippen molar-refractivity contribution in [1.82, 2.24) is 0 Å². The third-order valence-electron chi connectivity index (χ3n) is 0.959. The van der Waals surface area contributed by atoms with Gasteiger partial charge in [-0.05, 0) is 12.1 Å². The van der Waals surface area contributed by atoms with E-state index in [-0.39, 0.29) is 5.75 Å². The van der Waals surface area contributed by atoms with E-state index in [9.17, 15) is 0 Å². The highest BCUT2D eigenvalue weighted by Crippen LogP contribution is 2.17. The summed E-state index contributed by atoms with van der Waals surface area (Å²) in [5, 5.41) is 8.80. The molecule has 0 unspecified atom stereocenters. The lowest BCUT2D eigenvalue weighted by atomic mass is 10.3. The first-order valence-electron chi connectivity index (χ1n) is 2.49. The number of phenolic OH excluding ortho intramolecular Hbond substituents is 1. The monoisotopic (exact) mass is 119 g/mol. The Bertz CT molecular complexity index is 249. The number of benzene rings is 1. The maximum Gasteiger partial charge on any atom is 0.190 e. The molecular weight excluding hydrogens is 114 g/mol. The Hall–Kier alpha value is -1.49. The lowest BCUT2D eigenvalue weighted by Crippen LogP contribution is -1.60. The zero-order valence-electron chi connectivity index (χ0n) is 4.70. The first-order chi connectivity index (χ1) is 4.33. The maximum absolute atomic E-state index is 8.80. The van der Waals surface area contributed by atoms with Crippen molar-refractivity contribution in [1.29, 1.82) is 0 Å². The molecule has 2 nitrogen and oxygen atoms in total. The second kappa shape index (κ2) is 2.19. The van der Waals surface area contributed by atoms with E-state index in [4.69, 9.17) is 11.7 Å². The predicted molar refractivity (Wildman–Crippen MR) is 34.4 cm³/mol. The zero-order valence-corrected chi connectivity index (χ0v) is 4.70. The Morgan fingerprint density at radius 2 is 2.22 bits per heavy atom. The molecule has 1 aromatic carbocycles. The van der Waals surface area contributed by atoms with Gasteiger partial charge in [0.1, 0.15) is 5.75 Å². The minimum Gasteiger partial charge on any atom is -0.509 e. The van der Waals surface area contributed by atoms with Crippen molar-refractivity contribution in [2.24, 2.45) is 0 Å². The van der Waals surface area contributed by atoms with Crippen molar-refractivity contribution < 1.29 is 5.11 Å². The molecule has 0 aliphatic rings. The summed E-state index contributed by atoms with van der Waals surface area (Å²) in [4.78, 5) is 3.12. The Morgan fingerprint density at radius 3 is 2.67 bits per heavy atom. The molecule has 0 atom stereocenters. The third kappa shape index (κ3) is 1.20. The molecule has 2 heteroatoms. The van der Waals surface area contributed by atoms with Crippen molar-refractivity contribution >= 4 is 5.69 Å². The number of nitrogens with zero attached hydrogens (tertiary/aromatic N) is 1. The Labute approximate surface area is 53.2 Å². The van der Waals surface area contributed by atoms with Crippen molar-refractivity contribution in [3.8, 4) is 5.75 Å². The molecule has 44 valence electrons. The first-order valence-corrected chi connectivity index (χ1v) is 2.49. The van der Waals surface area contributed by atoms with Gasteiger partial charge in [-0.2, -0.15) is 0 Å². The number of hydrogen-bond acceptors (Lipinski definition) is 1. The van der Waals surface area contributed by atoms with Gasteiger partial charge in [0.25, 0.3) is 0 Å². The summed E-state index contributed by atoms with van der Waals surface area (Å²) in [5.41, 5.74) is 0.468. The first kappa shape index (κ1) is 5.64. The summed E-state index contributed by atoms with van der Waals surface area (Å²) >= 11 is 0. The Morgan fingerprint density at radius 1 is 1.44 bits per heavy atom. The molecule has 0 spiro atoms. The number of rotatable bonds is 0. The molecule has 0 saturated carbocycles. The van der Waals surface area contributed by atoms with E-state index in [0.29, 0.717) is 5.69 Å². The summed E-state index contributed by atoms with van der Waals surface area (Å²) < 4.78 is 0. The highest BCUT2D eigenvalue weighted by Gasteiger charge is 1.88. The fourth-order valence-electron chi connectivity index (χ4n) is 0.563. The van der Waals surface area contributed by atoms with E-state index in [0.717, 1.165) is 0 Å². The minimum atomic E-state index is 0.142. The van der Waals surface area contributed by atoms with Gasteiger partial charge in [-0.1, -0.05) is 12.1 Å². The molecule has 1 aromatic rings. The van der Waals surface area contributed by atoms with Crippen LogP contribution in [0, 0.1) is 6.57 Å². The minimum absolute atomic E-state index is 0.142. The molecule has 1 rings (SSSR count). The van der Waals surface area contributed by atoms with Gasteiger partial charge in [-0.3, -0.25) is 0 Å². The molecule has 0 aliphatic heterocycles. The van der Waals surface area contributed by atoms with E-state index >= 15 is 0 Å². The van der Waals surface area contributed by atoms with E-state index in [1.165, 1.54) is 12.1 Å². The summed E-state index contributed by atoms with van der Waals surface area (Å²) in [5.74, 6) is 0.142. The summed E-state index contributed by atoms with van der Waals surface area (Å²) in [6, 6.07) is 6.25. The molecule has 0 aliphatic carbocycles. The Balaban J connectivity index is 3.12. The van der Waals surface area contributed by atoms with Gasteiger partial charge in [0, 0.05) is 0 Å². The lowest BCUT2D eigenvalue weighted by Gasteiger charge is -1.88. The third-order valence-corrected chi connectivity index (χ3v) is 0.959. The molecule has 9 heavy (non-hydrogen) atoms. The van der Waals surface area contributed by atoms with Crippen LogP contribution in [-0.4, -0.2) is 5.11 Å². The van der Waals surface area contributed by atoms with Gasteiger partial charge >= 0.3 is 0 Å². The van der Waals surface area contributed by atoms with Crippen LogP contribution in [0.25, 0.3) is 4.85 Å². The summed E-state index contributed by atoms with van der Waals surface area (Å²) in [6.45, 7) is 6.55. The highest BCUT2D eigenvalue weighted by molar-refractivity contribution is 5.48. The molecule has 0 fully saturated rings. The lowest BCUT2D eigenvalue weighted by molar-refractivity contribution is 0.476. The van der Waals surface area contributed by atoms with E-state index in [1.807, 2.05) is 0 Å². The molecule has 0 bridgehead atoms. The second-order valence-electron chi connectivity index (χ2n) is 1.63. The van der Waals surface area contributed by atoms with Crippen LogP contribution in [0.2, 0.25) is 0 Å². The predicted octanol–water partition coefficient (Wildman–Crippen LogP) is 1.94. The van der Waals surface area contributed by atoms with Gasteiger partial charge in [-0.15, -0.1) is 0 Å². The fraction of sp³-hybridized carbons (Fsp3) is 0. The van der Waals surface area contributed by atoms with Gasteiger partial charge in [0.2, 0.25) is 0 Å². The second-order valence-corrected chi connectivity index (χ2v) is 1.63. The topological polar surface area (TPSA) is 24.6 Å². The molecule has 0 amide bonds. The van der Waals surface area contributed by atoms with Crippen LogP contribution in [-0.2, 0) is 0 Å². The van der Waals surface area contributed by atoms with Crippen LogP contribution >= 0.6 is 0 Å².